The molecular weight excluding hydrogens is 422 g/mol. The number of hydrogen-bond donors (Lipinski definition) is 0. The molecule has 0 spiro atoms. The quantitative estimate of drug-likeness (QED) is 0.304. The van der Waals surface area contributed by atoms with Gasteiger partial charge in [0.2, 0.25) is 0 Å². The maximum atomic E-state index is 7.27. The highest BCUT2D eigenvalue weighted by Gasteiger charge is 2.22. The van der Waals surface area contributed by atoms with Crippen molar-refractivity contribution in [3.05, 3.63) is 103 Å². The largest absolute Gasteiger partial charge is 0.273 e. The third kappa shape index (κ3) is 3.12. The average Bonchev–Trinajstić information content (AvgIpc) is 3.41. The Balaban J connectivity index is 1.63. The van der Waals surface area contributed by atoms with Crippen LogP contribution in [0.15, 0.2) is 91.8 Å². The standard InChI is InChI=1S/C27H21N7/c1-28-21-10-8-19(9-11-21)20-14-22(33-17-31(2)24-6-4-12-29-26(24)33)16-23(15-20)34-18-32(3)25-7-5-13-30-27(25)34/h4-18H,2-3H3/q+2. The number of nitrogens with zero attached hydrogens (tertiary/aromatic N) is 7. The molecule has 0 aliphatic heterocycles. The predicted molar refractivity (Wildman–Crippen MR) is 130 cm³/mol. The van der Waals surface area contributed by atoms with Crippen molar-refractivity contribution in [2.45, 2.75) is 0 Å². The molecule has 6 aromatic rings. The Hall–Kier alpha value is -4.83. The highest BCUT2D eigenvalue weighted by molar-refractivity contribution is 5.76. The Morgan fingerprint density at radius 1 is 0.706 bits per heavy atom. The lowest BCUT2D eigenvalue weighted by atomic mass is 10.0. The molecule has 4 heterocycles. The van der Waals surface area contributed by atoms with Crippen molar-refractivity contribution in [3.63, 3.8) is 0 Å². The minimum Gasteiger partial charge on any atom is -0.238 e. The zero-order chi connectivity index (χ0) is 23.2. The lowest BCUT2D eigenvalue weighted by Crippen LogP contribution is -2.25. The highest BCUT2D eigenvalue weighted by Crippen LogP contribution is 2.29. The van der Waals surface area contributed by atoms with Crippen LogP contribution in [0, 0.1) is 6.57 Å². The summed E-state index contributed by atoms with van der Waals surface area (Å²) in [6.07, 6.45) is 7.73. The molecule has 0 amide bonds. The second-order valence-corrected chi connectivity index (χ2v) is 8.28. The second-order valence-electron chi connectivity index (χ2n) is 8.28. The summed E-state index contributed by atoms with van der Waals surface area (Å²) in [7, 11) is 4.05. The molecule has 0 fully saturated rings. The molecule has 7 heteroatoms. The van der Waals surface area contributed by atoms with Crippen molar-refractivity contribution < 1.29 is 9.13 Å². The van der Waals surface area contributed by atoms with Gasteiger partial charge in [-0.05, 0) is 47.5 Å². The van der Waals surface area contributed by atoms with Gasteiger partial charge in [-0.25, -0.2) is 23.9 Å². The van der Waals surface area contributed by atoms with E-state index in [0.717, 1.165) is 44.8 Å². The predicted octanol–water partition coefficient (Wildman–Crippen LogP) is 4.23. The molecule has 0 saturated carbocycles. The maximum Gasteiger partial charge on any atom is 0.273 e. The van der Waals surface area contributed by atoms with Gasteiger partial charge in [-0.2, -0.15) is 9.13 Å². The van der Waals surface area contributed by atoms with Gasteiger partial charge in [0.05, 0.1) is 20.7 Å². The molecule has 0 bridgehead atoms. The number of hydrogen-bond acceptors (Lipinski definition) is 2. The van der Waals surface area contributed by atoms with E-state index in [1.807, 2.05) is 62.9 Å². The summed E-state index contributed by atoms with van der Waals surface area (Å²) in [4.78, 5) is 12.8. The van der Waals surface area contributed by atoms with Crippen LogP contribution < -0.4 is 9.13 Å². The monoisotopic (exact) mass is 443 g/mol. The molecule has 0 aliphatic carbocycles. The van der Waals surface area contributed by atoms with E-state index in [1.54, 1.807) is 0 Å². The number of imidazole rings is 2. The van der Waals surface area contributed by atoms with Crippen molar-refractivity contribution in [2.75, 3.05) is 0 Å². The fourth-order valence-corrected chi connectivity index (χ4v) is 4.43. The van der Waals surface area contributed by atoms with Crippen LogP contribution >= 0.6 is 0 Å². The molecule has 34 heavy (non-hydrogen) atoms. The van der Waals surface area contributed by atoms with E-state index in [2.05, 4.69) is 76.1 Å². The van der Waals surface area contributed by atoms with E-state index in [1.165, 1.54) is 0 Å². The molecule has 6 rings (SSSR count). The summed E-state index contributed by atoms with van der Waals surface area (Å²) in [5.41, 5.74) is 8.57. The van der Waals surface area contributed by atoms with Gasteiger partial charge < -0.3 is 0 Å². The Morgan fingerprint density at radius 3 is 1.74 bits per heavy atom. The summed E-state index contributed by atoms with van der Waals surface area (Å²) in [6, 6.07) is 22.2. The SMILES string of the molecule is [C-]#[N+]c1ccc(-c2cc(-n3c[n+](C)c4cccnc43)cc(-n3c[n+](C)c4cccnc43)c2)cc1. The van der Waals surface area contributed by atoms with Crippen LogP contribution in [0.1, 0.15) is 0 Å². The van der Waals surface area contributed by atoms with E-state index < -0.39 is 0 Å². The maximum absolute atomic E-state index is 7.27. The fourth-order valence-electron chi connectivity index (χ4n) is 4.43. The first-order valence-electron chi connectivity index (χ1n) is 10.9. The highest BCUT2D eigenvalue weighted by atomic mass is 15.2. The van der Waals surface area contributed by atoms with Crippen LogP contribution in [0.2, 0.25) is 0 Å². The fraction of sp³-hybridized carbons (Fsp3) is 0.0741. The average molecular weight is 444 g/mol. The number of benzene rings is 2. The van der Waals surface area contributed by atoms with E-state index in [0.29, 0.717) is 5.69 Å². The topological polar surface area (TPSA) is 47.8 Å². The van der Waals surface area contributed by atoms with Gasteiger partial charge >= 0.3 is 0 Å². The van der Waals surface area contributed by atoms with Gasteiger partial charge in [0, 0.05) is 18.5 Å². The van der Waals surface area contributed by atoms with Gasteiger partial charge in [-0.3, -0.25) is 0 Å². The third-order valence-electron chi connectivity index (χ3n) is 6.11. The Labute approximate surface area is 196 Å². The molecule has 0 unspecified atom stereocenters. The molecular formula is C27H21N7+2. The zero-order valence-corrected chi connectivity index (χ0v) is 18.8. The number of rotatable bonds is 3. The molecule has 0 saturated heterocycles. The molecule has 0 atom stereocenters. The summed E-state index contributed by atoms with van der Waals surface area (Å²) in [6.45, 7) is 7.27. The molecule has 7 nitrogen and oxygen atoms in total. The van der Waals surface area contributed by atoms with Crippen molar-refractivity contribution in [2.24, 2.45) is 14.1 Å². The minimum atomic E-state index is 0.625. The smallest absolute Gasteiger partial charge is 0.238 e. The third-order valence-corrected chi connectivity index (χ3v) is 6.11. The van der Waals surface area contributed by atoms with Gasteiger partial charge in [-0.1, -0.05) is 24.3 Å². The van der Waals surface area contributed by atoms with E-state index in [-0.39, 0.29) is 0 Å². The lowest BCUT2D eigenvalue weighted by Gasteiger charge is -2.07. The summed E-state index contributed by atoms with van der Waals surface area (Å²) < 4.78 is 8.36. The lowest BCUT2D eigenvalue weighted by molar-refractivity contribution is -0.645. The number of pyridine rings is 2. The van der Waals surface area contributed by atoms with E-state index in [9.17, 15) is 0 Å². The van der Waals surface area contributed by atoms with Crippen LogP contribution in [0.3, 0.4) is 0 Å². The summed E-state index contributed by atoms with van der Waals surface area (Å²) in [5.74, 6) is 0. The molecule has 0 radical (unpaired) electrons. The summed E-state index contributed by atoms with van der Waals surface area (Å²) in [5, 5.41) is 0. The van der Waals surface area contributed by atoms with Crippen LogP contribution in [0.5, 0.6) is 0 Å². The van der Waals surface area contributed by atoms with Crippen LogP contribution in [-0.2, 0) is 14.1 Å². The van der Waals surface area contributed by atoms with Crippen molar-refractivity contribution in [3.8, 4) is 22.5 Å². The van der Waals surface area contributed by atoms with Gasteiger partial charge in [0.15, 0.2) is 16.7 Å². The van der Waals surface area contributed by atoms with Crippen LogP contribution in [0.4, 0.5) is 5.69 Å². The Bertz CT molecular complexity index is 1640. The van der Waals surface area contributed by atoms with E-state index >= 15 is 0 Å². The normalized spacial score (nSPS) is 11.2. The van der Waals surface area contributed by atoms with E-state index in [4.69, 9.17) is 6.57 Å². The van der Waals surface area contributed by atoms with Gasteiger partial charge in [0.1, 0.15) is 11.4 Å². The molecule has 2 aromatic carbocycles. The molecule has 4 aromatic heterocycles. The molecule has 0 aliphatic rings. The number of fused-ring (bicyclic) bond motifs is 2. The van der Waals surface area contributed by atoms with Gasteiger partial charge in [0.25, 0.3) is 23.9 Å². The van der Waals surface area contributed by atoms with Crippen molar-refractivity contribution >= 4 is 28.0 Å². The Morgan fingerprint density at radius 2 is 1.24 bits per heavy atom. The summed E-state index contributed by atoms with van der Waals surface area (Å²) >= 11 is 0. The molecule has 0 N–H and O–H groups in total. The Kier molecular flexibility index (Phi) is 4.46. The van der Waals surface area contributed by atoms with Gasteiger partial charge in [-0.15, -0.1) is 0 Å². The minimum absolute atomic E-state index is 0.625. The second kappa shape index (κ2) is 7.64. The zero-order valence-electron chi connectivity index (χ0n) is 18.8. The number of aryl methyl sites for hydroxylation is 2. The van der Waals surface area contributed by atoms with Crippen LogP contribution in [0.25, 0.3) is 49.7 Å². The molecule has 162 valence electrons. The first-order valence-corrected chi connectivity index (χ1v) is 10.9. The van der Waals surface area contributed by atoms with Crippen LogP contribution in [-0.4, -0.2) is 19.1 Å². The number of aromatic nitrogens is 6. The first kappa shape index (κ1) is 19.8. The van der Waals surface area contributed by atoms with Crippen molar-refractivity contribution in [1.29, 1.82) is 0 Å². The van der Waals surface area contributed by atoms with Crippen molar-refractivity contribution in [1.82, 2.24) is 19.1 Å². The first-order chi connectivity index (χ1) is 16.6.